The minimum absolute atomic E-state index is 0.507. The lowest BCUT2D eigenvalue weighted by Crippen LogP contribution is -1.92. The fourth-order valence-electron chi connectivity index (χ4n) is 1.11. The summed E-state index contributed by atoms with van der Waals surface area (Å²) in [6, 6.07) is 9.94. The van der Waals surface area contributed by atoms with Crippen molar-refractivity contribution in [3.05, 3.63) is 59.3 Å². The summed E-state index contributed by atoms with van der Waals surface area (Å²) >= 11 is 5.93. The van der Waals surface area contributed by atoms with Crippen LogP contribution < -0.4 is 0 Å². The van der Waals surface area contributed by atoms with Crippen LogP contribution >= 0.6 is 11.6 Å². The molecule has 0 aliphatic carbocycles. The van der Waals surface area contributed by atoms with Crippen molar-refractivity contribution < 1.29 is 4.74 Å². The Hall–Kier alpha value is -1.21. The van der Waals surface area contributed by atoms with Gasteiger partial charge in [0.2, 0.25) is 0 Å². The van der Waals surface area contributed by atoms with E-state index in [0.29, 0.717) is 17.4 Å². The highest BCUT2D eigenvalue weighted by Gasteiger charge is 2.00. The average molecular weight is 223 g/mol. The summed E-state index contributed by atoms with van der Waals surface area (Å²) in [7, 11) is 0. The zero-order valence-electron chi connectivity index (χ0n) is 8.87. The normalized spacial score (nSPS) is 11.2. The molecule has 0 radical (unpaired) electrons. The fourth-order valence-corrected chi connectivity index (χ4v) is 1.32. The van der Waals surface area contributed by atoms with Gasteiger partial charge in [-0.05, 0) is 12.0 Å². The van der Waals surface area contributed by atoms with Gasteiger partial charge in [0, 0.05) is 0 Å². The first-order valence-electron chi connectivity index (χ1n) is 4.95. The number of halogens is 1. The van der Waals surface area contributed by atoms with E-state index in [1.54, 1.807) is 0 Å². The molecule has 1 aromatic carbocycles. The molecule has 1 aromatic rings. The SMILES string of the molecule is C=C(OCc1ccccc1)/C(Cl)=C\CC. The molecule has 0 unspecified atom stereocenters. The van der Waals surface area contributed by atoms with Gasteiger partial charge in [0.15, 0.2) is 0 Å². The molecular formula is C13H15ClO. The van der Waals surface area contributed by atoms with E-state index in [1.807, 2.05) is 43.3 Å². The monoisotopic (exact) mass is 222 g/mol. The van der Waals surface area contributed by atoms with Gasteiger partial charge in [-0.2, -0.15) is 0 Å². The molecule has 0 aliphatic rings. The first-order valence-corrected chi connectivity index (χ1v) is 5.33. The van der Waals surface area contributed by atoms with Gasteiger partial charge in [0.05, 0.1) is 5.03 Å². The van der Waals surface area contributed by atoms with Gasteiger partial charge in [0.1, 0.15) is 12.4 Å². The quantitative estimate of drug-likeness (QED) is 0.535. The van der Waals surface area contributed by atoms with E-state index in [1.165, 1.54) is 0 Å². The van der Waals surface area contributed by atoms with Crippen LogP contribution in [0.5, 0.6) is 0 Å². The highest BCUT2D eigenvalue weighted by molar-refractivity contribution is 6.31. The average Bonchev–Trinajstić information content (AvgIpc) is 2.27. The second-order valence-corrected chi connectivity index (χ2v) is 3.56. The van der Waals surface area contributed by atoms with Crippen LogP contribution in [0.1, 0.15) is 18.9 Å². The lowest BCUT2D eigenvalue weighted by atomic mass is 10.2. The Balaban J connectivity index is 2.45. The summed E-state index contributed by atoms with van der Waals surface area (Å²) in [6.07, 6.45) is 2.77. The first-order chi connectivity index (χ1) is 7.24. The molecule has 0 atom stereocenters. The Bertz CT molecular complexity index is 341. The lowest BCUT2D eigenvalue weighted by molar-refractivity contribution is 0.211. The third-order valence-corrected chi connectivity index (χ3v) is 2.27. The number of hydrogen-bond acceptors (Lipinski definition) is 1. The van der Waals surface area contributed by atoms with Crippen molar-refractivity contribution in [1.29, 1.82) is 0 Å². The van der Waals surface area contributed by atoms with Crippen LogP contribution in [-0.2, 0) is 11.3 Å². The van der Waals surface area contributed by atoms with Gasteiger partial charge in [-0.15, -0.1) is 0 Å². The summed E-state index contributed by atoms with van der Waals surface area (Å²) in [5.74, 6) is 0.530. The second kappa shape index (κ2) is 6.31. The smallest absolute Gasteiger partial charge is 0.130 e. The molecule has 0 heterocycles. The third-order valence-electron chi connectivity index (χ3n) is 1.91. The molecule has 0 bridgehead atoms. The van der Waals surface area contributed by atoms with Gasteiger partial charge < -0.3 is 4.74 Å². The number of benzene rings is 1. The Kier molecular flexibility index (Phi) is 4.99. The summed E-state index contributed by atoms with van der Waals surface area (Å²) in [4.78, 5) is 0. The van der Waals surface area contributed by atoms with E-state index in [-0.39, 0.29) is 0 Å². The molecule has 0 saturated heterocycles. The Labute approximate surface area is 96.0 Å². The molecule has 2 heteroatoms. The van der Waals surface area contributed by atoms with Crippen molar-refractivity contribution in [2.45, 2.75) is 20.0 Å². The number of rotatable bonds is 5. The van der Waals surface area contributed by atoms with E-state index in [4.69, 9.17) is 16.3 Å². The van der Waals surface area contributed by atoms with E-state index >= 15 is 0 Å². The second-order valence-electron chi connectivity index (χ2n) is 3.16. The van der Waals surface area contributed by atoms with Crippen molar-refractivity contribution in [3.63, 3.8) is 0 Å². The van der Waals surface area contributed by atoms with Gasteiger partial charge in [-0.1, -0.05) is 61.5 Å². The van der Waals surface area contributed by atoms with Crippen molar-refractivity contribution in [1.82, 2.24) is 0 Å². The highest BCUT2D eigenvalue weighted by atomic mass is 35.5. The minimum atomic E-state index is 0.507. The molecular weight excluding hydrogens is 208 g/mol. The Morgan fingerprint density at radius 1 is 1.40 bits per heavy atom. The number of hydrogen-bond donors (Lipinski definition) is 0. The van der Waals surface area contributed by atoms with Crippen molar-refractivity contribution in [3.8, 4) is 0 Å². The maximum absolute atomic E-state index is 5.93. The predicted molar refractivity (Wildman–Crippen MR) is 64.6 cm³/mol. The minimum Gasteiger partial charge on any atom is -0.488 e. The molecule has 0 saturated carbocycles. The molecule has 0 amide bonds. The van der Waals surface area contributed by atoms with Crippen LogP contribution in [-0.4, -0.2) is 0 Å². The van der Waals surface area contributed by atoms with Crippen LogP contribution in [0.4, 0.5) is 0 Å². The third kappa shape index (κ3) is 4.22. The molecule has 80 valence electrons. The van der Waals surface area contributed by atoms with Gasteiger partial charge in [0.25, 0.3) is 0 Å². The number of ether oxygens (including phenoxy) is 1. The van der Waals surface area contributed by atoms with Gasteiger partial charge >= 0.3 is 0 Å². The molecule has 1 nitrogen and oxygen atoms in total. The first kappa shape index (κ1) is 11.9. The maximum atomic E-state index is 5.93. The summed E-state index contributed by atoms with van der Waals surface area (Å²) in [5, 5.41) is 0.591. The molecule has 0 aliphatic heterocycles. The predicted octanol–water partition coefficient (Wildman–Crippen LogP) is 4.25. The summed E-state index contributed by atoms with van der Waals surface area (Å²) in [5.41, 5.74) is 1.11. The van der Waals surface area contributed by atoms with E-state index in [2.05, 4.69) is 6.58 Å². The van der Waals surface area contributed by atoms with Crippen LogP contribution in [0.15, 0.2) is 53.8 Å². The van der Waals surface area contributed by atoms with Crippen molar-refractivity contribution in [2.24, 2.45) is 0 Å². The zero-order valence-corrected chi connectivity index (χ0v) is 9.63. The summed E-state index contributed by atoms with van der Waals surface area (Å²) in [6.45, 7) is 6.29. The fraction of sp³-hybridized carbons (Fsp3) is 0.231. The highest BCUT2D eigenvalue weighted by Crippen LogP contribution is 2.16. The van der Waals surface area contributed by atoms with E-state index < -0.39 is 0 Å². The topological polar surface area (TPSA) is 9.23 Å². The Morgan fingerprint density at radius 2 is 2.07 bits per heavy atom. The molecule has 1 rings (SSSR count). The molecule has 0 aromatic heterocycles. The van der Waals surface area contributed by atoms with E-state index in [0.717, 1.165) is 12.0 Å². The molecule has 15 heavy (non-hydrogen) atoms. The number of allylic oxidation sites excluding steroid dienone is 2. The summed E-state index contributed by atoms with van der Waals surface area (Å²) < 4.78 is 5.45. The van der Waals surface area contributed by atoms with Crippen LogP contribution in [0.3, 0.4) is 0 Å². The van der Waals surface area contributed by atoms with E-state index in [9.17, 15) is 0 Å². The largest absolute Gasteiger partial charge is 0.488 e. The van der Waals surface area contributed by atoms with Crippen LogP contribution in [0, 0.1) is 0 Å². The zero-order chi connectivity index (χ0) is 11.1. The molecule has 0 fully saturated rings. The standard InChI is InChI=1S/C13H15ClO/c1-3-7-13(14)11(2)15-10-12-8-5-4-6-9-12/h4-9H,2-3,10H2,1H3/b13-7+. The lowest BCUT2D eigenvalue weighted by Gasteiger charge is -2.07. The molecule has 0 spiro atoms. The Morgan fingerprint density at radius 3 is 2.67 bits per heavy atom. The van der Waals surface area contributed by atoms with Crippen LogP contribution in [0.25, 0.3) is 0 Å². The van der Waals surface area contributed by atoms with Gasteiger partial charge in [-0.3, -0.25) is 0 Å². The van der Waals surface area contributed by atoms with Crippen molar-refractivity contribution in [2.75, 3.05) is 0 Å². The van der Waals surface area contributed by atoms with Crippen molar-refractivity contribution >= 4 is 11.6 Å². The van der Waals surface area contributed by atoms with Crippen LogP contribution in [0.2, 0.25) is 0 Å². The maximum Gasteiger partial charge on any atom is 0.130 e. The van der Waals surface area contributed by atoms with Gasteiger partial charge in [-0.25, -0.2) is 0 Å². The molecule has 0 N–H and O–H groups in total.